The molecule has 7 rings (SSSR count). The van der Waals surface area contributed by atoms with Gasteiger partial charge in [0.05, 0.1) is 17.3 Å². The van der Waals surface area contributed by atoms with Crippen molar-refractivity contribution in [2.24, 2.45) is 5.92 Å². The zero-order valence-electron chi connectivity index (χ0n) is 24.2. The summed E-state index contributed by atoms with van der Waals surface area (Å²) in [7, 11) is 0. The number of aromatic nitrogens is 2. The Bertz CT molecular complexity index is 1260. The molecule has 3 heterocycles. The number of benzene rings is 1. The predicted octanol–water partition coefficient (Wildman–Crippen LogP) is 6.11. The van der Waals surface area contributed by atoms with Crippen molar-refractivity contribution in [1.29, 1.82) is 0 Å². The number of piperidine rings is 2. The molecule has 0 unspecified atom stereocenters. The number of carbonyl (C=O) groups excluding carboxylic acids is 2. The van der Waals surface area contributed by atoms with E-state index in [0.717, 1.165) is 70.0 Å². The third-order valence-electron chi connectivity index (χ3n) is 9.97. The second kappa shape index (κ2) is 12.4. The largest absolute Gasteiger partial charge is 0.417 e. The number of alkyl halides is 3. The lowest BCUT2D eigenvalue weighted by molar-refractivity contribution is -0.137. The van der Waals surface area contributed by atoms with Crippen LogP contribution in [0.1, 0.15) is 106 Å². The van der Waals surface area contributed by atoms with Gasteiger partial charge >= 0.3 is 6.18 Å². The minimum Gasteiger partial charge on any atom is -0.353 e. The fourth-order valence-electron chi connectivity index (χ4n) is 7.40. The third-order valence-corrected chi connectivity index (χ3v) is 9.97. The molecule has 1 aromatic carbocycles. The van der Waals surface area contributed by atoms with Gasteiger partial charge in [0.15, 0.2) is 5.69 Å². The summed E-state index contributed by atoms with van der Waals surface area (Å²) in [5.41, 5.74) is -0.309. The lowest BCUT2D eigenvalue weighted by Gasteiger charge is -2.45. The lowest BCUT2D eigenvalue weighted by Crippen LogP contribution is -2.50. The molecular formula is C32H42F3N5O2. The Morgan fingerprint density at radius 2 is 1.69 bits per heavy atom. The number of nitrogens with one attached hydrogen (secondary N) is 2. The van der Waals surface area contributed by atoms with Crippen LogP contribution in [0.25, 0.3) is 11.3 Å². The van der Waals surface area contributed by atoms with E-state index in [2.05, 4.69) is 20.6 Å². The van der Waals surface area contributed by atoms with Crippen LogP contribution in [0.3, 0.4) is 0 Å². The minimum atomic E-state index is -4.53. The maximum absolute atomic E-state index is 14.0. The number of hydrogen-bond donors (Lipinski definition) is 2. The van der Waals surface area contributed by atoms with Crippen molar-refractivity contribution >= 4 is 11.8 Å². The second-order valence-electron chi connectivity index (χ2n) is 12.9. The fourth-order valence-corrected chi connectivity index (χ4v) is 7.40. The van der Waals surface area contributed by atoms with E-state index >= 15 is 0 Å². The molecule has 2 bridgehead atoms. The first kappa shape index (κ1) is 29.2. The molecular weight excluding hydrogens is 543 g/mol. The summed E-state index contributed by atoms with van der Waals surface area (Å²) < 4.78 is 43.5. The highest BCUT2D eigenvalue weighted by atomic mass is 19.4. The first-order valence-corrected chi connectivity index (χ1v) is 15.8. The van der Waals surface area contributed by atoms with Crippen LogP contribution < -0.4 is 10.6 Å². The summed E-state index contributed by atoms with van der Waals surface area (Å²) in [6, 6.07) is 7.33. The van der Waals surface area contributed by atoms with Gasteiger partial charge in [0.25, 0.3) is 5.91 Å². The van der Waals surface area contributed by atoms with E-state index in [0.29, 0.717) is 18.2 Å². The average molecular weight is 586 g/mol. The molecule has 2 N–H and O–H groups in total. The Hall–Kier alpha value is -2.88. The lowest BCUT2D eigenvalue weighted by atomic mass is 9.80. The topological polar surface area (TPSA) is 79.3 Å². The van der Waals surface area contributed by atoms with Crippen molar-refractivity contribution < 1.29 is 22.8 Å². The van der Waals surface area contributed by atoms with Gasteiger partial charge in [0.2, 0.25) is 5.91 Å². The zero-order valence-corrected chi connectivity index (χ0v) is 24.2. The normalized spacial score (nSPS) is 24.0. The zero-order chi connectivity index (χ0) is 29.3. The molecule has 5 fully saturated rings. The molecule has 1 aromatic heterocycles. The summed E-state index contributed by atoms with van der Waals surface area (Å²) >= 11 is 0. The molecule has 10 heteroatoms. The van der Waals surface area contributed by atoms with E-state index in [1.54, 1.807) is 10.7 Å². The van der Waals surface area contributed by atoms with E-state index < -0.39 is 17.6 Å². The molecule has 2 amide bonds. The van der Waals surface area contributed by atoms with Crippen molar-refractivity contribution in [1.82, 2.24) is 25.3 Å². The number of fused-ring (bicyclic) bond motifs is 3. The second-order valence-corrected chi connectivity index (χ2v) is 12.9. The van der Waals surface area contributed by atoms with Gasteiger partial charge in [-0.05, 0) is 82.3 Å². The third kappa shape index (κ3) is 6.53. The number of halogens is 3. The fraction of sp³-hybridized carbons (Fsp3) is 0.656. The van der Waals surface area contributed by atoms with Crippen molar-refractivity contribution in [3.8, 4) is 11.3 Å². The van der Waals surface area contributed by atoms with Gasteiger partial charge < -0.3 is 15.5 Å². The van der Waals surface area contributed by atoms with Crippen LogP contribution in [0.5, 0.6) is 0 Å². The number of rotatable bonds is 10. The van der Waals surface area contributed by atoms with Gasteiger partial charge in [-0.1, -0.05) is 31.0 Å². The molecule has 5 aliphatic rings. The molecule has 3 saturated carbocycles. The summed E-state index contributed by atoms with van der Waals surface area (Å²) in [5.74, 6) is 0.225. The molecule has 1 atom stereocenters. The summed E-state index contributed by atoms with van der Waals surface area (Å²) in [5, 5.41) is 10.7. The molecule has 2 aliphatic heterocycles. The first-order valence-electron chi connectivity index (χ1n) is 15.8. The molecule has 7 nitrogen and oxygen atoms in total. The van der Waals surface area contributed by atoms with E-state index in [1.165, 1.54) is 43.9 Å². The predicted molar refractivity (Wildman–Crippen MR) is 154 cm³/mol. The van der Waals surface area contributed by atoms with Crippen LogP contribution in [0.15, 0.2) is 30.3 Å². The highest BCUT2D eigenvalue weighted by Crippen LogP contribution is 2.40. The van der Waals surface area contributed by atoms with Crippen molar-refractivity contribution in [2.75, 3.05) is 13.1 Å². The molecule has 0 spiro atoms. The van der Waals surface area contributed by atoms with Crippen molar-refractivity contribution in [2.45, 2.75) is 114 Å². The Morgan fingerprint density at radius 1 is 0.952 bits per heavy atom. The van der Waals surface area contributed by atoms with E-state index in [-0.39, 0.29) is 41.7 Å². The molecule has 2 saturated heterocycles. The summed E-state index contributed by atoms with van der Waals surface area (Å²) in [6.45, 7) is 1.89. The van der Waals surface area contributed by atoms with Gasteiger partial charge in [-0.2, -0.15) is 18.3 Å². The summed E-state index contributed by atoms with van der Waals surface area (Å²) in [4.78, 5) is 29.1. The van der Waals surface area contributed by atoms with Crippen molar-refractivity contribution in [3.05, 3.63) is 41.6 Å². The van der Waals surface area contributed by atoms with Crippen LogP contribution in [0, 0.1) is 5.92 Å². The Morgan fingerprint density at radius 3 is 2.33 bits per heavy atom. The number of hydrogen-bond acceptors (Lipinski definition) is 4. The highest BCUT2D eigenvalue weighted by Gasteiger charge is 2.36. The smallest absolute Gasteiger partial charge is 0.353 e. The highest BCUT2D eigenvalue weighted by molar-refractivity contribution is 5.94. The average Bonchev–Trinajstić information content (AvgIpc) is 3.65. The first-order chi connectivity index (χ1) is 20.2. The minimum absolute atomic E-state index is 0.0278. The van der Waals surface area contributed by atoms with Crippen LogP contribution >= 0.6 is 0 Å². The van der Waals surface area contributed by atoms with E-state index in [9.17, 15) is 22.8 Å². The standard InChI is InChI=1S/C32H42F3N5O2/c33-32(34,35)27-11-4-3-10-26(27)29-19-28(38-40(29)25-8-1-2-9-25)31(42)37-23(18-30(41)36-22-6-5-7-22)16-17-39-20-21-12-14-24(39)15-13-21/h3-4,10-11,19,21-25H,1-2,5-9,12-18,20H2,(H,36,41)(H,37,42)/t21?,23-,24?/m0/s1. The van der Waals surface area contributed by atoms with E-state index in [4.69, 9.17) is 0 Å². The number of amides is 2. The van der Waals surface area contributed by atoms with Gasteiger partial charge in [-0.25, -0.2) is 0 Å². The molecule has 228 valence electrons. The molecule has 3 aliphatic carbocycles. The van der Waals surface area contributed by atoms with Crippen LogP contribution in [0.2, 0.25) is 0 Å². The van der Waals surface area contributed by atoms with Gasteiger partial charge in [-0.15, -0.1) is 0 Å². The Balaban J connectivity index is 1.22. The Kier molecular flexibility index (Phi) is 8.61. The molecule has 2 aromatic rings. The van der Waals surface area contributed by atoms with Gasteiger partial charge in [0.1, 0.15) is 0 Å². The van der Waals surface area contributed by atoms with Crippen LogP contribution in [0.4, 0.5) is 13.2 Å². The quantitative estimate of drug-likeness (QED) is 0.353. The maximum Gasteiger partial charge on any atom is 0.417 e. The number of carbonyl (C=O) groups is 2. The van der Waals surface area contributed by atoms with Gasteiger partial charge in [0, 0.05) is 43.2 Å². The SMILES string of the molecule is O=C(C[C@H](CCN1CC2CCC1CC2)NC(=O)c1cc(-c2ccccc2C(F)(F)F)n(C2CCCC2)n1)NC1CCC1. The Labute approximate surface area is 245 Å². The van der Waals surface area contributed by atoms with Crippen molar-refractivity contribution in [3.63, 3.8) is 0 Å². The number of nitrogens with zero attached hydrogens (tertiary/aromatic N) is 3. The summed E-state index contributed by atoms with van der Waals surface area (Å²) in [6.07, 6.45) is 7.95. The van der Waals surface area contributed by atoms with Crippen LogP contribution in [-0.2, 0) is 11.0 Å². The maximum atomic E-state index is 14.0. The molecule has 42 heavy (non-hydrogen) atoms. The molecule has 0 radical (unpaired) electrons. The van der Waals surface area contributed by atoms with E-state index in [1.807, 2.05) is 0 Å². The van der Waals surface area contributed by atoms with Gasteiger partial charge in [-0.3, -0.25) is 14.3 Å². The monoisotopic (exact) mass is 585 g/mol. The van der Waals surface area contributed by atoms with Crippen LogP contribution in [-0.4, -0.2) is 57.7 Å².